The third kappa shape index (κ3) is 23.5. The molecule has 11 fully saturated rings. The topological polar surface area (TPSA) is 714 Å². The Balaban J connectivity index is 0.436. The number of anilines is 1. The summed E-state index contributed by atoms with van der Waals surface area (Å²) in [5.74, 6) is -1.97. The van der Waals surface area contributed by atoms with Crippen molar-refractivity contribution in [1.29, 1.82) is 0 Å². The van der Waals surface area contributed by atoms with Crippen molar-refractivity contribution in [3.05, 3.63) is 77.9 Å². The number of fused-ring (bicyclic) bond motifs is 12. The molecule has 9 aliphatic heterocycles. The van der Waals surface area contributed by atoms with Gasteiger partial charge in [0.2, 0.25) is 23.6 Å². The lowest BCUT2D eigenvalue weighted by atomic mass is 9.46. The molecule has 10 heterocycles. The molecule has 39 atom stereocenters. The van der Waals surface area contributed by atoms with E-state index in [1.54, 1.807) is 70.5 Å². The number of nitrogens with zero attached hydrogens (tertiary/aromatic N) is 5. The Morgan fingerprint density at radius 1 is 0.537 bits per heavy atom. The monoisotopic (exact) mass is 2090 g/mol. The first-order valence-corrected chi connectivity index (χ1v) is 50.4. The number of Topliss-reactive ketones (excluding diaryl/α,β-unsaturated/α-hetero) is 1. The van der Waals surface area contributed by atoms with E-state index in [4.69, 9.17) is 85.3 Å². The van der Waals surface area contributed by atoms with Gasteiger partial charge in [0.25, 0.3) is 0 Å². The summed E-state index contributed by atoms with van der Waals surface area (Å²) < 4.78 is 108. The van der Waals surface area contributed by atoms with Gasteiger partial charge in [-0.1, -0.05) is 86.5 Å². The largest absolute Gasteiger partial charge is 0.394 e. The lowest BCUT2D eigenvalue weighted by Gasteiger charge is -2.59. The van der Waals surface area contributed by atoms with Crippen LogP contribution in [0.3, 0.4) is 0 Å². The Labute approximate surface area is 844 Å². The quantitative estimate of drug-likeness (QED) is 0.0234. The molecule has 31 unspecified atom stereocenters. The van der Waals surface area contributed by atoms with Crippen LogP contribution in [0, 0.1) is 28.6 Å². The lowest BCUT2D eigenvalue weighted by molar-refractivity contribution is -0.394. The first-order valence-electron chi connectivity index (χ1n) is 50.4. The summed E-state index contributed by atoms with van der Waals surface area (Å²) in [7, 11) is 0. The highest BCUT2D eigenvalue weighted by Gasteiger charge is 2.76. The Morgan fingerprint density at radius 3 is 1.62 bits per heavy atom. The van der Waals surface area contributed by atoms with Crippen LogP contribution in [0.4, 0.5) is 5.69 Å². The molecule has 8 saturated heterocycles. The molecule has 2 aromatic carbocycles. The van der Waals surface area contributed by atoms with E-state index in [2.05, 4.69) is 34.8 Å². The maximum atomic E-state index is 14.9. The van der Waals surface area contributed by atoms with Gasteiger partial charge < -0.3 is 203 Å². The van der Waals surface area contributed by atoms with E-state index in [0.717, 1.165) is 24.8 Å². The van der Waals surface area contributed by atoms with Crippen LogP contribution in [0.1, 0.15) is 97.0 Å². The van der Waals surface area contributed by atoms with Crippen molar-refractivity contribution in [2.45, 2.75) is 313 Å². The Bertz CT molecular complexity index is 4960. The van der Waals surface area contributed by atoms with Crippen molar-refractivity contribution in [2.24, 2.45) is 28.6 Å². The predicted octanol–water partition coefficient (Wildman–Crippen LogP) is -7.77. The summed E-state index contributed by atoms with van der Waals surface area (Å²) in [4.78, 5) is 84.6. The summed E-state index contributed by atoms with van der Waals surface area (Å²) in [5, 5.41) is 224. The van der Waals surface area contributed by atoms with E-state index in [0.29, 0.717) is 72.4 Å². The number of rotatable bonds is 43. The molecule has 0 radical (unpaired) electrons. The van der Waals surface area contributed by atoms with Crippen LogP contribution in [0.2, 0.25) is 0 Å². The fourth-order valence-corrected chi connectivity index (χ4v) is 23.3. The van der Waals surface area contributed by atoms with Crippen LogP contribution < -0.4 is 15.5 Å². The molecular formula is C97H139N7O43. The first kappa shape index (κ1) is 112. The van der Waals surface area contributed by atoms with Crippen molar-refractivity contribution in [1.82, 2.24) is 30.5 Å². The zero-order valence-corrected chi connectivity index (χ0v) is 81.6. The van der Waals surface area contributed by atoms with Crippen LogP contribution >= 0.6 is 0 Å². The van der Waals surface area contributed by atoms with Gasteiger partial charge >= 0.3 is 0 Å². The highest BCUT2D eigenvalue weighted by Crippen LogP contribution is 2.70. The summed E-state index contributed by atoms with van der Waals surface area (Å²) in [6.45, 7) is 1.98. The number of nitrogens with one attached hydrogen (secondary N) is 2. The number of carbonyl (C=O) groups excluding carboxylic acids is 6. The summed E-state index contributed by atoms with van der Waals surface area (Å²) in [6.07, 6.45) is -47.9. The minimum atomic E-state index is -2.23. The van der Waals surface area contributed by atoms with Crippen molar-refractivity contribution in [3.63, 3.8) is 0 Å². The van der Waals surface area contributed by atoms with Gasteiger partial charge in [-0.3, -0.25) is 28.8 Å². The van der Waals surface area contributed by atoms with Crippen LogP contribution in [-0.2, 0) is 127 Å². The molecule has 4 aliphatic carbocycles. The minimum absolute atomic E-state index is 0.00307. The van der Waals surface area contributed by atoms with E-state index in [1.807, 2.05) is 13.0 Å². The smallest absolute Gasteiger partial charge is 0.243 e. The predicted molar refractivity (Wildman–Crippen MR) is 493 cm³/mol. The SMILES string of the molecule is CCCC1O[C@@H]2C[C@H]3[C@@H]4CCC5=CC(=O)C=C[C@]5(C)[C@H]4[C@@H](O)C[C@]3(C)[C@]2(C(=O)COC2CCCN2C(=O)CNC(=O)CCOCCOCCOCCOCCNC(=O)CCC(=O)N2Cc3ccccc3-c3c(nnn3CC3OCC(O)C(O)C3OC3OC(CO)C(OC4OC(CO)C(OC5OC(CO)C(OC6OC(CO)C(OC7OC(CO)C(O)C(O)C7O)C(O)C6O)C(O)C5O)C(O)C4O)C(O)C3O)-c3ccccc32)O1. The Morgan fingerprint density at radius 2 is 1.05 bits per heavy atom. The van der Waals surface area contributed by atoms with Gasteiger partial charge in [0, 0.05) is 60.2 Å². The highest BCUT2D eigenvalue weighted by atomic mass is 16.8. The molecule has 0 spiro atoms. The Kier molecular flexibility index (Phi) is 37.8. The number of aromatic nitrogens is 3. The standard InChI is InChI=1S/C97H139N7O43/c1-4-10-69-141-63-34-52-50-17-16-47-33-48(110)20-22-95(47,2)70(50)54(111)35-96(52,3)97(63,147-69)62(113)45-135-68-15-9-24-102(68)67(117)36-99-65(115)21-25-130-27-29-132-31-32-133-30-28-131-26-23-98-64(114)18-19-66(116)103-37-46-11-5-6-12-49(46)72-71(51-13-7-8-14-53(51)103)100-101-104(72)38-56-85(73(118)55(112)44-134-56)142-91-81(126)76(121)87(59(41-107)137-91)144-93-83(128)78(123)89(61(43-109)139-93)146-94-84(129)79(124)88(60(42-108)140-94)145-92-82(127)77(122)86(58(40-106)138-92)143-90-80(125)75(120)74(119)57(39-105)136-90/h5-8,11-14,20,22,33,50,52,54-61,63,68-70,73-94,105-109,111-112,118-129H,4,9-10,15-19,21,23-32,34-45H2,1-3H3,(H,98,114)(H,99,115)/t50-,52-,54-,55?,56?,57?,58?,59?,60?,61?,63+,68?,69?,70+,73?,74?,75?,76?,77?,78?,79?,80?,81?,82?,83?,84?,85?,86?,87?,88?,89?,90?,91?,92?,93?,94?,95-,96-,97+/m0/s1. The van der Waals surface area contributed by atoms with Crippen LogP contribution in [0.5, 0.6) is 0 Å². The normalized spacial score (nSPS) is 39.7. The molecule has 147 heavy (non-hydrogen) atoms. The van der Waals surface area contributed by atoms with Gasteiger partial charge in [-0.2, -0.15) is 0 Å². The van der Waals surface area contributed by atoms with E-state index >= 15 is 0 Å². The number of allylic oxidation sites excluding steroid dienone is 4. The molecule has 3 saturated carbocycles. The fourth-order valence-electron chi connectivity index (χ4n) is 23.3. The number of ether oxygens (including phenoxy) is 18. The zero-order valence-electron chi connectivity index (χ0n) is 81.6. The maximum Gasteiger partial charge on any atom is 0.243 e. The van der Waals surface area contributed by atoms with Gasteiger partial charge in [-0.05, 0) is 80.6 Å². The van der Waals surface area contributed by atoms with E-state index < -0.39 is 276 Å². The number of para-hydroxylation sites is 1. The summed E-state index contributed by atoms with van der Waals surface area (Å²) in [6, 6.07) is 14.0. The molecule has 1 aromatic heterocycles. The van der Waals surface area contributed by atoms with Crippen molar-refractivity contribution >= 4 is 40.9 Å². The molecule has 21 N–H and O–H groups in total. The average molecular weight is 2090 g/mol. The van der Waals surface area contributed by atoms with Crippen molar-refractivity contribution in [3.8, 4) is 22.5 Å². The fraction of sp³-hybridized carbons (Fsp3) is 0.753. The zero-order chi connectivity index (χ0) is 105. The van der Waals surface area contributed by atoms with Crippen LogP contribution in [-0.4, -0.2) is 479 Å². The second kappa shape index (κ2) is 49.5. The van der Waals surface area contributed by atoms with E-state index in [9.17, 15) is 126 Å². The molecular weight excluding hydrogens is 1950 g/mol. The number of amides is 4. The van der Waals surface area contributed by atoms with Gasteiger partial charge in [0.1, 0.15) is 165 Å². The van der Waals surface area contributed by atoms with Gasteiger partial charge in [0.15, 0.2) is 54.9 Å². The molecule has 50 heteroatoms. The number of ketones is 2. The van der Waals surface area contributed by atoms with E-state index in [1.165, 1.54) is 4.68 Å². The van der Waals surface area contributed by atoms with Crippen LogP contribution in [0.25, 0.3) is 22.5 Å². The van der Waals surface area contributed by atoms with Gasteiger partial charge in [-0.25, -0.2) is 4.68 Å². The Hall–Kier alpha value is -7.20. The number of benzene rings is 2. The number of hydrogen-bond acceptors (Lipinski definition) is 45. The summed E-state index contributed by atoms with van der Waals surface area (Å²) >= 11 is 0. The molecule has 50 nitrogen and oxygen atoms in total. The third-order valence-corrected chi connectivity index (χ3v) is 30.9. The first-order chi connectivity index (χ1) is 70.6. The number of aliphatic hydroxyl groups is 19. The molecule has 4 amide bonds. The molecule has 13 aliphatic rings. The van der Waals surface area contributed by atoms with Gasteiger partial charge in [-0.15, -0.1) is 5.10 Å². The second-order valence-corrected chi connectivity index (χ2v) is 40.0. The number of likely N-dealkylation sites (tertiary alicyclic amines) is 1. The summed E-state index contributed by atoms with van der Waals surface area (Å²) in [5.41, 5.74) is 1.17. The maximum absolute atomic E-state index is 14.9. The molecule has 0 bridgehead atoms. The number of hydrogen-bond donors (Lipinski definition) is 21. The minimum Gasteiger partial charge on any atom is -0.394 e. The molecule has 820 valence electrons. The second-order valence-electron chi connectivity index (χ2n) is 40.0. The molecule has 16 rings (SSSR count). The number of carbonyl (C=O) groups is 6. The van der Waals surface area contributed by atoms with E-state index in [-0.39, 0.29) is 140 Å². The average Bonchev–Trinajstić information content (AvgIpc) is 1.51. The van der Waals surface area contributed by atoms with Crippen molar-refractivity contribution in [2.75, 3.05) is 124 Å². The van der Waals surface area contributed by atoms with Gasteiger partial charge in [0.05, 0.1) is 136 Å². The number of aliphatic hydroxyl groups excluding tert-OH is 19. The lowest BCUT2D eigenvalue weighted by Crippen LogP contribution is -2.68. The third-order valence-electron chi connectivity index (χ3n) is 30.9. The van der Waals surface area contributed by atoms with Crippen molar-refractivity contribution < 1.29 is 211 Å². The highest BCUT2D eigenvalue weighted by molar-refractivity contribution is 6.02. The van der Waals surface area contributed by atoms with Crippen LogP contribution in [0.15, 0.2) is 72.3 Å². The molecule has 3 aromatic rings.